The van der Waals surface area contributed by atoms with Crippen LogP contribution in [0, 0.1) is 5.92 Å². The van der Waals surface area contributed by atoms with E-state index in [0.717, 1.165) is 25.2 Å². The third-order valence-corrected chi connectivity index (χ3v) is 3.98. The second kappa shape index (κ2) is 6.17. The van der Waals surface area contributed by atoms with E-state index in [1.807, 2.05) is 37.4 Å². The number of rotatable bonds is 3. The second-order valence-electron chi connectivity index (χ2n) is 5.45. The summed E-state index contributed by atoms with van der Waals surface area (Å²) in [7, 11) is 1.82. The van der Waals surface area contributed by atoms with E-state index in [-0.39, 0.29) is 11.9 Å². The van der Waals surface area contributed by atoms with Gasteiger partial charge in [-0.1, -0.05) is 25.1 Å². The number of carbonyl (C=O) groups is 1. The summed E-state index contributed by atoms with van der Waals surface area (Å²) in [6.45, 7) is 4.41. The molecule has 1 saturated heterocycles. The maximum absolute atomic E-state index is 12.2. The molecule has 1 amide bonds. The molecule has 0 bridgehead atoms. The molecule has 104 valence electrons. The first kappa shape index (κ1) is 14.0. The predicted octanol–water partition coefficient (Wildman–Crippen LogP) is 1.32. The lowest BCUT2D eigenvalue weighted by Gasteiger charge is -2.35. The van der Waals surface area contributed by atoms with E-state index in [1.165, 1.54) is 0 Å². The van der Waals surface area contributed by atoms with E-state index in [4.69, 9.17) is 5.73 Å². The van der Waals surface area contributed by atoms with Gasteiger partial charge < -0.3 is 10.6 Å². The van der Waals surface area contributed by atoms with Gasteiger partial charge in [-0.3, -0.25) is 9.69 Å². The topological polar surface area (TPSA) is 49.6 Å². The van der Waals surface area contributed by atoms with Crippen LogP contribution in [0.2, 0.25) is 0 Å². The van der Waals surface area contributed by atoms with Crippen molar-refractivity contribution in [2.45, 2.75) is 19.4 Å². The van der Waals surface area contributed by atoms with Crippen LogP contribution in [0.4, 0.5) is 5.69 Å². The third-order valence-electron chi connectivity index (χ3n) is 3.98. The highest BCUT2D eigenvalue weighted by Crippen LogP contribution is 2.16. The molecule has 2 N–H and O–H groups in total. The Morgan fingerprint density at radius 1 is 1.42 bits per heavy atom. The van der Waals surface area contributed by atoms with E-state index in [1.54, 1.807) is 4.90 Å². The average molecular weight is 261 g/mol. The first-order valence-corrected chi connectivity index (χ1v) is 6.87. The highest BCUT2D eigenvalue weighted by Gasteiger charge is 2.25. The first-order valence-electron chi connectivity index (χ1n) is 6.87. The van der Waals surface area contributed by atoms with Crippen LogP contribution in [0.3, 0.4) is 0 Å². The van der Waals surface area contributed by atoms with Crippen LogP contribution in [-0.2, 0) is 4.79 Å². The fourth-order valence-corrected chi connectivity index (χ4v) is 2.41. The van der Waals surface area contributed by atoms with E-state index >= 15 is 0 Å². The highest BCUT2D eigenvalue weighted by atomic mass is 16.2. The zero-order chi connectivity index (χ0) is 13.8. The number of carbonyl (C=O) groups excluding carboxylic acids is 1. The molecule has 0 aliphatic carbocycles. The van der Waals surface area contributed by atoms with Gasteiger partial charge in [0, 0.05) is 25.3 Å². The summed E-state index contributed by atoms with van der Waals surface area (Å²) in [5, 5.41) is 0. The quantitative estimate of drug-likeness (QED) is 0.892. The Kier molecular flexibility index (Phi) is 4.56. The Hall–Kier alpha value is -1.39. The molecule has 2 rings (SSSR count). The Labute approximate surface area is 115 Å². The Bertz CT molecular complexity index is 421. The molecule has 1 fully saturated rings. The molecule has 1 heterocycles. The van der Waals surface area contributed by atoms with Crippen LogP contribution in [0.5, 0.6) is 0 Å². The van der Waals surface area contributed by atoms with Crippen molar-refractivity contribution < 1.29 is 4.79 Å². The largest absolute Gasteiger partial charge is 0.326 e. The van der Waals surface area contributed by atoms with Gasteiger partial charge in [-0.2, -0.15) is 0 Å². The zero-order valence-electron chi connectivity index (χ0n) is 11.7. The minimum atomic E-state index is 0.118. The molecular formula is C15H23N3O. The monoisotopic (exact) mass is 261 g/mol. The van der Waals surface area contributed by atoms with Gasteiger partial charge in [0.2, 0.25) is 5.91 Å². The number of amides is 1. The Balaban J connectivity index is 1.91. The van der Waals surface area contributed by atoms with Gasteiger partial charge in [-0.05, 0) is 31.0 Å². The summed E-state index contributed by atoms with van der Waals surface area (Å²) >= 11 is 0. The van der Waals surface area contributed by atoms with Crippen LogP contribution in [0.1, 0.15) is 13.3 Å². The minimum absolute atomic E-state index is 0.118. The number of hydrogen-bond acceptors (Lipinski definition) is 3. The fraction of sp³-hybridized carbons (Fsp3) is 0.533. The maximum Gasteiger partial charge on any atom is 0.240 e. The van der Waals surface area contributed by atoms with E-state index in [2.05, 4.69) is 11.8 Å². The van der Waals surface area contributed by atoms with Crippen molar-refractivity contribution in [3.63, 3.8) is 0 Å². The van der Waals surface area contributed by atoms with Crippen LogP contribution in [0.25, 0.3) is 0 Å². The van der Waals surface area contributed by atoms with Crippen LogP contribution < -0.4 is 10.6 Å². The summed E-state index contributed by atoms with van der Waals surface area (Å²) in [6, 6.07) is 9.91. The molecular weight excluding hydrogens is 238 g/mol. The first-order chi connectivity index (χ1) is 9.08. The summed E-state index contributed by atoms with van der Waals surface area (Å²) in [5.74, 6) is 0.672. The van der Waals surface area contributed by atoms with E-state index in [0.29, 0.717) is 12.5 Å². The van der Waals surface area contributed by atoms with E-state index < -0.39 is 0 Å². The van der Waals surface area contributed by atoms with Gasteiger partial charge in [0.25, 0.3) is 0 Å². The summed E-state index contributed by atoms with van der Waals surface area (Å²) < 4.78 is 0. The van der Waals surface area contributed by atoms with Crippen molar-refractivity contribution in [1.82, 2.24) is 4.90 Å². The van der Waals surface area contributed by atoms with Crippen LogP contribution >= 0.6 is 0 Å². The number of hydrogen-bond donors (Lipinski definition) is 1. The van der Waals surface area contributed by atoms with Crippen LogP contribution in [0.15, 0.2) is 30.3 Å². The molecule has 0 spiro atoms. The molecule has 2 atom stereocenters. The van der Waals surface area contributed by atoms with Crippen molar-refractivity contribution in [1.29, 1.82) is 0 Å². The number of benzene rings is 1. The number of piperidine rings is 1. The lowest BCUT2D eigenvalue weighted by molar-refractivity contribution is -0.119. The third kappa shape index (κ3) is 3.55. The molecule has 2 unspecified atom stereocenters. The van der Waals surface area contributed by atoms with Crippen molar-refractivity contribution in [3.8, 4) is 0 Å². The maximum atomic E-state index is 12.2. The van der Waals surface area contributed by atoms with Gasteiger partial charge >= 0.3 is 0 Å². The van der Waals surface area contributed by atoms with Gasteiger partial charge in [-0.15, -0.1) is 0 Å². The molecule has 0 saturated carbocycles. The number of para-hydroxylation sites is 1. The second-order valence-corrected chi connectivity index (χ2v) is 5.45. The van der Waals surface area contributed by atoms with Crippen LogP contribution in [-0.4, -0.2) is 43.5 Å². The summed E-state index contributed by atoms with van der Waals surface area (Å²) in [5.41, 5.74) is 7.00. The molecule has 1 aromatic rings. The SMILES string of the molecule is CC1CCN(CC(=O)N(C)c2ccccc2)CC1N. The number of nitrogens with zero attached hydrogens (tertiary/aromatic N) is 2. The normalized spacial score (nSPS) is 24.2. The lowest BCUT2D eigenvalue weighted by Crippen LogP contribution is -2.50. The number of anilines is 1. The standard InChI is InChI=1S/C15H23N3O/c1-12-8-9-18(10-14(12)16)11-15(19)17(2)13-6-4-3-5-7-13/h3-7,12,14H,8-11,16H2,1-2H3. The average Bonchev–Trinajstić information content (AvgIpc) is 2.43. The molecule has 1 aliphatic rings. The lowest BCUT2D eigenvalue weighted by atomic mass is 9.94. The Morgan fingerprint density at radius 3 is 2.74 bits per heavy atom. The molecule has 4 heteroatoms. The van der Waals surface area contributed by atoms with Gasteiger partial charge in [0.05, 0.1) is 6.54 Å². The minimum Gasteiger partial charge on any atom is -0.326 e. The van der Waals surface area contributed by atoms with Crippen molar-refractivity contribution in [3.05, 3.63) is 30.3 Å². The molecule has 0 aromatic heterocycles. The predicted molar refractivity (Wildman–Crippen MR) is 78.0 cm³/mol. The van der Waals surface area contributed by atoms with Crippen molar-refractivity contribution in [2.24, 2.45) is 11.7 Å². The number of nitrogens with two attached hydrogens (primary N) is 1. The molecule has 19 heavy (non-hydrogen) atoms. The van der Waals surface area contributed by atoms with Gasteiger partial charge in [-0.25, -0.2) is 0 Å². The molecule has 4 nitrogen and oxygen atoms in total. The van der Waals surface area contributed by atoms with Gasteiger partial charge in [0.15, 0.2) is 0 Å². The molecule has 1 aromatic carbocycles. The van der Waals surface area contributed by atoms with E-state index in [9.17, 15) is 4.79 Å². The van der Waals surface area contributed by atoms with Gasteiger partial charge in [0.1, 0.15) is 0 Å². The van der Waals surface area contributed by atoms with Crippen molar-refractivity contribution in [2.75, 3.05) is 31.6 Å². The Morgan fingerprint density at radius 2 is 2.11 bits per heavy atom. The molecule has 1 aliphatic heterocycles. The molecule has 0 radical (unpaired) electrons. The highest BCUT2D eigenvalue weighted by molar-refractivity contribution is 5.94. The van der Waals surface area contributed by atoms with Crippen molar-refractivity contribution >= 4 is 11.6 Å². The zero-order valence-corrected chi connectivity index (χ0v) is 11.7. The summed E-state index contributed by atoms with van der Waals surface area (Å²) in [6.07, 6.45) is 1.07. The smallest absolute Gasteiger partial charge is 0.240 e. The number of likely N-dealkylation sites (N-methyl/N-ethyl adjacent to an activating group) is 1. The number of likely N-dealkylation sites (tertiary alicyclic amines) is 1. The fourth-order valence-electron chi connectivity index (χ4n) is 2.41. The summed E-state index contributed by atoms with van der Waals surface area (Å²) in [4.78, 5) is 16.1.